The first kappa shape index (κ1) is 14.5. The fourth-order valence-corrected chi connectivity index (χ4v) is 3.12. The van der Waals surface area contributed by atoms with E-state index in [1.165, 1.54) is 18.4 Å². The second kappa shape index (κ2) is 6.51. The number of likely N-dealkylation sites (tertiary alicyclic amines) is 1. The van der Waals surface area contributed by atoms with Gasteiger partial charge in [-0.2, -0.15) is 0 Å². The summed E-state index contributed by atoms with van der Waals surface area (Å²) >= 11 is 0. The number of benzene rings is 1. The summed E-state index contributed by atoms with van der Waals surface area (Å²) in [5.41, 5.74) is 1.60. The maximum atomic E-state index is 9.88. The lowest BCUT2D eigenvalue weighted by Crippen LogP contribution is -2.47. The Labute approximate surface area is 116 Å². The third-order valence-corrected chi connectivity index (χ3v) is 4.07. The molecule has 19 heavy (non-hydrogen) atoms. The van der Waals surface area contributed by atoms with Crippen molar-refractivity contribution in [1.82, 2.24) is 4.90 Å². The highest BCUT2D eigenvalue weighted by Crippen LogP contribution is 2.33. The van der Waals surface area contributed by atoms with Crippen LogP contribution in [-0.4, -0.2) is 49.5 Å². The van der Waals surface area contributed by atoms with E-state index in [0.29, 0.717) is 13.2 Å². The summed E-state index contributed by atoms with van der Waals surface area (Å²) < 4.78 is 5.01. The van der Waals surface area contributed by atoms with E-state index in [2.05, 4.69) is 42.2 Å². The van der Waals surface area contributed by atoms with Crippen molar-refractivity contribution in [2.45, 2.75) is 31.3 Å². The van der Waals surface area contributed by atoms with Crippen LogP contribution in [0.4, 0.5) is 0 Å². The van der Waals surface area contributed by atoms with Gasteiger partial charge in [0.2, 0.25) is 0 Å². The van der Waals surface area contributed by atoms with Gasteiger partial charge in [0.25, 0.3) is 0 Å². The summed E-state index contributed by atoms with van der Waals surface area (Å²) in [5, 5.41) is 9.88. The number of aliphatic hydroxyl groups is 1. The molecule has 0 radical (unpaired) electrons. The van der Waals surface area contributed by atoms with E-state index in [0.717, 1.165) is 13.1 Å². The van der Waals surface area contributed by atoms with Crippen molar-refractivity contribution < 1.29 is 9.84 Å². The van der Waals surface area contributed by atoms with E-state index in [4.69, 9.17) is 4.74 Å². The quantitative estimate of drug-likeness (QED) is 0.882. The van der Waals surface area contributed by atoms with E-state index in [1.807, 2.05) is 0 Å². The number of ether oxygens (including phenoxy) is 1. The zero-order chi connectivity index (χ0) is 13.7. The summed E-state index contributed by atoms with van der Waals surface area (Å²) in [6.45, 7) is 5.53. The van der Waals surface area contributed by atoms with Crippen molar-refractivity contribution in [2.24, 2.45) is 0 Å². The van der Waals surface area contributed by atoms with Crippen LogP contribution in [-0.2, 0) is 10.2 Å². The molecule has 1 aromatic rings. The van der Waals surface area contributed by atoms with Gasteiger partial charge < -0.3 is 9.84 Å². The molecule has 0 unspecified atom stereocenters. The van der Waals surface area contributed by atoms with Gasteiger partial charge in [-0.1, -0.05) is 37.3 Å². The SMILES string of the molecule is COC[C@@H](O)CN1CCC[C@@](C)(c2ccccc2)C1. The number of hydrogen-bond donors (Lipinski definition) is 1. The van der Waals surface area contributed by atoms with Gasteiger partial charge in [-0.05, 0) is 24.9 Å². The molecule has 3 heteroatoms. The predicted molar refractivity (Wildman–Crippen MR) is 77.4 cm³/mol. The molecule has 1 aliphatic heterocycles. The zero-order valence-corrected chi connectivity index (χ0v) is 12.0. The first-order valence-electron chi connectivity index (χ1n) is 7.09. The van der Waals surface area contributed by atoms with Gasteiger partial charge in [-0.15, -0.1) is 0 Å². The van der Waals surface area contributed by atoms with Gasteiger partial charge in [0.1, 0.15) is 0 Å². The molecule has 0 bridgehead atoms. The van der Waals surface area contributed by atoms with Gasteiger partial charge in [0.15, 0.2) is 0 Å². The van der Waals surface area contributed by atoms with E-state index in [1.54, 1.807) is 7.11 Å². The van der Waals surface area contributed by atoms with Crippen LogP contribution in [0.2, 0.25) is 0 Å². The molecule has 0 spiro atoms. The number of rotatable bonds is 5. The van der Waals surface area contributed by atoms with Gasteiger partial charge in [-0.25, -0.2) is 0 Å². The minimum Gasteiger partial charge on any atom is -0.389 e. The summed E-state index contributed by atoms with van der Waals surface area (Å²) in [6, 6.07) is 10.7. The molecule has 1 aromatic carbocycles. The minimum absolute atomic E-state index is 0.201. The molecule has 0 amide bonds. The third-order valence-electron chi connectivity index (χ3n) is 4.07. The number of nitrogens with zero attached hydrogens (tertiary/aromatic N) is 1. The Morgan fingerprint density at radius 1 is 1.37 bits per heavy atom. The molecule has 1 aliphatic rings. The normalized spacial score (nSPS) is 26.3. The zero-order valence-electron chi connectivity index (χ0n) is 12.0. The second-order valence-corrected chi connectivity index (χ2v) is 5.87. The molecule has 106 valence electrons. The van der Waals surface area contributed by atoms with Crippen molar-refractivity contribution in [2.75, 3.05) is 33.4 Å². The van der Waals surface area contributed by atoms with Crippen molar-refractivity contribution in [3.05, 3.63) is 35.9 Å². The molecular formula is C16H25NO2. The number of aliphatic hydroxyl groups excluding tert-OH is 1. The number of β-amino-alcohol motifs (C(OH)–C–C–N with tert-alkyl or cyclic N) is 1. The van der Waals surface area contributed by atoms with E-state index < -0.39 is 0 Å². The fourth-order valence-electron chi connectivity index (χ4n) is 3.12. The highest BCUT2D eigenvalue weighted by Gasteiger charge is 2.32. The number of methoxy groups -OCH3 is 1. The maximum absolute atomic E-state index is 9.88. The van der Waals surface area contributed by atoms with Crippen LogP contribution in [0.5, 0.6) is 0 Å². The Morgan fingerprint density at radius 3 is 2.79 bits per heavy atom. The maximum Gasteiger partial charge on any atom is 0.0900 e. The smallest absolute Gasteiger partial charge is 0.0900 e. The highest BCUT2D eigenvalue weighted by atomic mass is 16.5. The Morgan fingerprint density at radius 2 is 2.11 bits per heavy atom. The molecule has 1 heterocycles. The summed E-state index contributed by atoms with van der Waals surface area (Å²) in [6.07, 6.45) is 2.02. The number of hydrogen-bond acceptors (Lipinski definition) is 3. The molecule has 3 nitrogen and oxygen atoms in total. The van der Waals surface area contributed by atoms with E-state index in [-0.39, 0.29) is 11.5 Å². The average molecular weight is 263 g/mol. The van der Waals surface area contributed by atoms with E-state index >= 15 is 0 Å². The van der Waals surface area contributed by atoms with Crippen molar-refractivity contribution in [3.8, 4) is 0 Å². The highest BCUT2D eigenvalue weighted by molar-refractivity contribution is 5.25. The third kappa shape index (κ3) is 3.78. The van der Waals surface area contributed by atoms with Crippen LogP contribution in [0.15, 0.2) is 30.3 Å². The summed E-state index contributed by atoms with van der Waals surface area (Å²) in [4.78, 5) is 2.36. The van der Waals surface area contributed by atoms with Crippen molar-refractivity contribution in [3.63, 3.8) is 0 Å². The van der Waals surface area contributed by atoms with Gasteiger partial charge in [-0.3, -0.25) is 4.90 Å². The molecule has 1 fully saturated rings. The Balaban J connectivity index is 2.00. The standard InChI is InChI=1S/C16H25NO2/c1-16(14-7-4-3-5-8-14)9-6-10-17(13-16)11-15(18)12-19-2/h3-5,7-8,15,18H,6,9-13H2,1-2H3/t15-,16+/m0/s1. The lowest BCUT2D eigenvalue weighted by Gasteiger charge is -2.41. The first-order valence-corrected chi connectivity index (χ1v) is 7.09. The van der Waals surface area contributed by atoms with Crippen LogP contribution < -0.4 is 0 Å². The molecule has 1 N–H and O–H groups in total. The average Bonchev–Trinajstić information content (AvgIpc) is 2.40. The molecule has 0 aliphatic carbocycles. The monoisotopic (exact) mass is 263 g/mol. The Hall–Kier alpha value is -0.900. The Kier molecular flexibility index (Phi) is 4.97. The molecule has 0 aromatic heterocycles. The molecule has 2 atom stereocenters. The van der Waals surface area contributed by atoms with Crippen molar-refractivity contribution in [1.29, 1.82) is 0 Å². The summed E-state index contributed by atoms with van der Waals surface area (Å²) in [5.74, 6) is 0. The summed E-state index contributed by atoms with van der Waals surface area (Å²) in [7, 11) is 1.63. The van der Waals surface area contributed by atoms with E-state index in [9.17, 15) is 5.11 Å². The lowest BCUT2D eigenvalue weighted by molar-refractivity contribution is 0.0245. The van der Waals surface area contributed by atoms with Crippen LogP contribution >= 0.6 is 0 Å². The number of piperidine rings is 1. The molecular weight excluding hydrogens is 238 g/mol. The molecule has 2 rings (SSSR count). The van der Waals surface area contributed by atoms with Crippen molar-refractivity contribution >= 4 is 0 Å². The second-order valence-electron chi connectivity index (χ2n) is 5.87. The Bertz CT molecular complexity index is 382. The molecule has 0 saturated carbocycles. The predicted octanol–water partition coefficient (Wildman–Crippen LogP) is 2.05. The lowest BCUT2D eigenvalue weighted by atomic mass is 9.76. The van der Waals surface area contributed by atoms with Crippen LogP contribution in [0, 0.1) is 0 Å². The first-order chi connectivity index (χ1) is 9.14. The van der Waals surface area contributed by atoms with Crippen LogP contribution in [0.25, 0.3) is 0 Å². The minimum atomic E-state index is -0.386. The van der Waals surface area contributed by atoms with Crippen LogP contribution in [0.3, 0.4) is 0 Å². The fraction of sp³-hybridized carbons (Fsp3) is 0.625. The topological polar surface area (TPSA) is 32.7 Å². The van der Waals surface area contributed by atoms with Gasteiger partial charge in [0, 0.05) is 25.6 Å². The largest absolute Gasteiger partial charge is 0.389 e. The molecule has 1 saturated heterocycles. The van der Waals surface area contributed by atoms with Gasteiger partial charge >= 0.3 is 0 Å². The van der Waals surface area contributed by atoms with Gasteiger partial charge in [0.05, 0.1) is 12.7 Å². The van der Waals surface area contributed by atoms with Crippen LogP contribution in [0.1, 0.15) is 25.3 Å².